The number of pyridine rings is 1. The topological polar surface area (TPSA) is 75.1 Å². The summed E-state index contributed by atoms with van der Waals surface area (Å²) in [5, 5.41) is 0.727. The van der Waals surface area contributed by atoms with Gasteiger partial charge in [0.25, 0.3) is 0 Å². The summed E-state index contributed by atoms with van der Waals surface area (Å²) in [6.07, 6.45) is 1.68. The lowest BCUT2D eigenvalue weighted by Crippen LogP contribution is -2.07. The molecule has 0 N–H and O–H groups in total. The number of nitrogens with zero attached hydrogens (tertiary/aromatic N) is 2. The Hall–Kier alpha value is -1.44. The highest BCUT2D eigenvalue weighted by molar-refractivity contribution is 8.01. The molecule has 0 fully saturated rings. The summed E-state index contributed by atoms with van der Waals surface area (Å²) in [6, 6.07) is 5.49. The predicted molar refractivity (Wildman–Crippen MR) is 76.3 cm³/mol. The Bertz CT molecular complexity index is 599. The molecule has 2 aromatic heterocycles. The first-order chi connectivity index (χ1) is 9.61. The van der Waals surface area contributed by atoms with Gasteiger partial charge in [-0.05, 0) is 36.7 Å². The third-order valence-corrected chi connectivity index (χ3v) is 5.20. The third-order valence-electron chi connectivity index (χ3n) is 2.48. The number of aromatic nitrogens is 2. The van der Waals surface area contributed by atoms with Crippen LogP contribution in [0.2, 0.25) is 0 Å². The van der Waals surface area contributed by atoms with E-state index in [1.54, 1.807) is 20.0 Å². The first-order valence-corrected chi connectivity index (χ1v) is 8.03. The van der Waals surface area contributed by atoms with Crippen LogP contribution in [0.15, 0.2) is 33.8 Å². The maximum atomic E-state index is 12.3. The van der Waals surface area contributed by atoms with Gasteiger partial charge in [-0.15, -0.1) is 0 Å². The van der Waals surface area contributed by atoms with Crippen molar-refractivity contribution in [2.45, 2.75) is 29.6 Å². The van der Waals surface area contributed by atoms with Crippen LogP contribution < -0.4 is 0 Å². The van der Waals surface area contributed by atoms with E-state index in [1.165, 1.54) is 11.8 Å². The summed E-state index contributed by atoms with van der Waals surface area (Å²) >= 11 is 1.25. The largest absolute Gasteiger partial charge is 0.588 e. The van der Waals surface area contributed by atoms with Gasteiger partial charge in [0, 0.05) is 18.0 Å². The van der Waals surface area contributed by atoms with E-state index in [0.29, 0.717) is 21.5 Å². The molecule has 0 aliphatic heterocycles. The van der Waals surface area contributed by atoms with Crippen LogP contribution in [0.1, 0.15) is 17.5 Å². The summed E-state index contributed by atoms with van der Waals surface area (Å²) < 4.78 is 17.7. The summed E-state index contributed by atoms with van der Waals surface area (Å²) in [5.41, 5.74) is 0.620. The zero-order valence-corrected chi connectivity index (χ0v) is 12.8. The van der Waals surface area contributed by atoms with Gasteiger partial charge in [0.1, 0.15) is 11.4 Å². The minimum atomic E-state index is -1.40. The Morgan fingerprint density at radius 1 is 1.50 bits per heavy atom. The maximum absolute atomic E-state index is 12.3. The van der Waals surface area contributed by atoms with Crippen LogP contribution in [0, 0.1) is 6.92 Å². The Morgan fingerprint density at radius 3 is 2.95 bits per heavy atom. The molecular weight excluding hydrogens is 296 g/mol. The van der Waals surface area contributed by atoms with Gasteiger partial charge in [0.2, 0.25) is 0 Å². The number of carbonyl (C=O) groups is 1. The summed E-state index contributed by atoms with van der Waals surface area (Å²) in [7, 11) is -1.40. The molecule has 0 radical (unpaired) electrons. The van der Waals surface area contributed by atoms with Crippen molar-refractivity contribution in [2.75, 3.05) is 6.61 Å². The fourth-order valence-corrected chi connectivity index (χ4v) is 4.05. The van der Waals surface area contributed by atoms with Gasteiger partial charge in [0.05, 0.1) is 12.3 Å². The highest BCUT2D eigenvalue weighted by atomic mass is 32.2. The van der Waals surface area contributed by atoms with Crippen molar-refractivity contribution in [2.24, 2.45) is 0 Å². The lowest BCUT2D eigenvalue weighted by Gasteiger charge is -2.00. The van der Waals surface area contributed by atoms with Crippen LogP contribution in [0.5, 0.6) is 0 Å². The molecule has 0 saturated heterocycles. The van der Waals surface area contributed by atoms with Gasteiger partial charge < -0.3 is 9.29 Å². The van der Waals surface area contributed by atoms with Crippen molar-refractivity contribution in [3.63, 3.8) is 0 Å². The van der Waals surface area contributed by atoms with Crippen molar-refractivity contribution < 1.29 is 14.1 Å². The molecule has 0 saturated carbocycles. The number of hydrogen-bond acceptors (Lipinski definition) is 6. The first-order valence-electron chi connectivity index (χ1n) is 6.06. The number of aryl methyl sites for hydroxylation is 1. The molecule has 2 heterocycles. The molecule has 1 atom stereocenters. The van der Waals surface area contributed by atoms with Gasteiger partial charge in [-0.1, -0.05) is 6.07 Å². The maximum Gasteiger partial charge on any atom is 0.315 e. The van der Waals surface area contributed by atoms with E-state index in [-0.39, 0.29) is 12.4 Å². The van der Waals surface area contributed by atoms with Gasteiger partial charge in [-0.3, -0.25) is 4.79 Å². The molecule has 5 nitrogen and oxygen atoms in total. The van der Waals surface area contributed by atoms with Gasteiger partial charge in [-0.25, -0.2) is 4.98 Å². The summed E-state index contributed by atoms with van der Waals surface area (Å²) in [6.45, 7) is 3.80. The summed E-state index contributed by atoms with van der Waals surface area (Å²) in [5.74, 6) is -0.380. The molecule has 0 bridgehead atoms. The summed E-state index contributed by atoms with van der Waals surface area (Å²) in [4.78, 5) is 20.4. The van der Waals surface area contributed by atoms with Gasteiger partial charge in [0.15, 0.2) is 4.88 Å². The highest BCUT2D eigenvalue weighted by Gasteiger charge is 2.24. The number of rotatable bonds is 5. The van der Waals surface area contributed by atoms with Crippen LogP contribution >= 0.6 is 22.5 Å². The molecule has 0 aliphatic rings. The Balaban J connectivity index is 2.18. The van der Waals surface area contributed by atoms with E-state index in [4.69, 9.17) is 4.74 Å². The van der Waals surface area contributed by atoms with Crippen LogP contribution in [0.4, 0.5) is 0 Å². The zero-order chi connectivity index (χ0) is 14.5. The lowest BCUT2D eigenvalue weighted by molar-refractivity contribution is -0.142. The van der Waals surface area contributed by atoms with Gasteiger partial charge >= 0.3 is 10.3 Å². The normalized spacial score (nSPS) is 11.4. The third kappa shape index (κ3) is 3.56. The Morgan fingerprint density at radius 2 is 2.30 bits per heavy atom. The smallest absolute Gasteiger partial charge is 0.315 e. The van der Waals surface area contributed by atoms with E-state index < -0.39 is 10.8 Å². The van der Waals surface area contributed by atoms with E-state index in [2.05, 4.69) is 9.97 Å². The van der Waals surface area contributed by atoms with Crippen LogP contribution in [0.25, 0.3) is 0 Å². The zero-order valence-electron chi connectivity index (χ0n) is 11.2. The quantitative estimate of drug-likeness (QED) is 0.624. The van der Waals surface area contributed by atoms with Gasteiger partial charge in [-0.2, -0.15) is 4.98 Å². The fourth-order valence-electron chi connectivity index (χ4n) is 1.57. The Kier molecular flexibility index (Phi) is 5.11. The number of carbonyl (C=O) groups excluding carboxylic acids is 1. The molecule has 0 aliphatic carbocycles. The second kappa shape index (κ2) is 6.83. The molecule has 7 heteroatoms. The minimum absolute atomic E-state index is 0.0159. The van der Waals surface area contributed by atoms with Crippen molar-refractivity contribution in [3.8, 4) is 0 Å². The highest BCUT2D eigenvalue weighted by Crippen LogP contribution is 2.38. The Labute approximate surface area is 124 Å². The lowest BCUT2D eigenvalue weighted by atomic mass is 10.3. The SMILES string of the molecule is CCOC(=O)Cc1c(C)nc(Sc2ccccn2)[s+]1[O-]. The standard InChI is InChI=1S/C13H14N2O3S2/c1-3-18-12(16)8-10-9(2)15-13(20(10)17)19-11-6-4-5-7-14-11/h4-7H,3,8H2,1-2H3. The molecule has 2 aromatic rings. The fraction of sp³-hybridized carbons (Fsp3) is 0.308. The van der Waals surface area contributed by atoms with Crippen molar-refractivity contribution in [3.05, 3.63) is 35.0 Å². The number of thiazole rings is 1. The number of hydrogen-bond donors (Lipinski definition) is 0. The van der Waals surface area contributed by atoms with Crippen molar-refractivity contribution in [1.29, 1.82) is 0 Å². The van der Waals surface area contributed by atoms with E-state index in [9.17, 15) is 9.35 Å². The second-order valence-electron chi connectivity index (χ2n) is 3.91. The predicted octanol–water partition coefficient (Wildman–Crippen LogP) is 2.77. The minimum Gasteiger partial charge on any atom is -0.588 e. The average molecular weight is 310 g/mol. The number of esters is 1. The molecule has 2 rings (SSSR count). The molecule has 1 unspecified atom stereocenters. The first kappa shape index (κ1) is 15.0. The monoisotopic (exact) mass is 310 g/mol. The molecule has 0 aromatic carbocycles. The van der Waals surface area contributed by atoms with E-state index in [0.717, 1.165) is 5.03 Å². The van der Waals surface area contributed by atoms with E-state index in [1.807, 2.05) is 18.2 Å². The second-order valence-corrected chi connectivity index (χ2v) is 6.59. The molecule has 0 amide bonds. The average Bonchev–Trinajstić information content (AvgIpc) is 2.68. The van der Waals surface area contributed by atoms with E-state index >= 15 is 0 Å². The number of ether oxygens (including phenoxy) is 1. The van der Waals surface area contributed by atoms with Crippen LogP contribution in [0.3, 0.4) is 0 Å². The van der Waals surface area contributed by atoms with Crippen molar-refractivity contribution >= 4 is 28.5 Å². The molecule has 106 valence electrons. The van der Waals surface area contributed by atoms with Crippen LogP contribution in [-0.2, 0) is 16.0 Å². The molecular formula is C13H14N2O3S2. The van der Waals surface area contributed by atoms with Crippen molar-refractivity contribution in [1.82, 2.24) is 9.97 Å². The van der Waals surface area contributed by atoms with Crippen LogP contribution in [-0.4, -0.2) is 27.1 Å². The molecule has 20 heavy (non-hydrogen) atoms. The molecule has 0 spiro atoms.